The zero-order valence-corrected chi connectivity index (χ0v) is 15.5. The molecule has 1 aromatic carbocycles. The molecule has 3 aromatic rings. The van der Waals surface area contributed by atoms with E-state index < -0.39 is 6.04 Å². The molecule has 0 spiro atoms. The number of nitrogens with zero attached hydrogens (tertiary/aromatic N) is 5. The van der Waals surface area contributed by atoms with Crippen LogP contribution in [0.2, 0.25) is 0 Å². The van der Waals surface area contributed by atoms with E-state index in [0.29, 0.717) is 41.0 Å². The molecule has 0 saturated heterocycles. The van der Waals surface area contributed by atoms with Gasteiger partial charge < -0.3 is 15.4 Å². The summed E-state index contributed by atoms with van der Waals surface area (Å²) in [5.41, 5.74) is 2.39. The second-order valence-corrected chi connectivity index (χ2v) is 6.15. The minimum atomic E-state index is -0.549. The molecule has 28 heavy (non-hydrogen) atoms. The van der Waals surface area contributed by atoms with Crippen LogP contribution in [0.4, 0.5) is 11.6 Å². The second-order valence-electron chi connectivity index (χ2n) is 6.15. The van der Waals surface area contributed by atoms with Gasteiger partial charge in [0.1, 0.15) is 11.8 Å². The minimum Gasteiger partial charge on any atom is -0.492 e. The highest BCUT2D eigenvalue weighted by Crippen LogP contribution is 2.34. The predicted octanol–water partition coefficient (Wildman–Crippen LogP) is 2.39. The lowest BCUT2D eigenvalue weighted by atomic mass is 9.98. The molecule has 1 aliphatic heterocycles. The maximum absolute atomic E-state index is 13.3. The number of hydrogen-bond acceptors (Lipinski definition) is 7. The molecule has 1 amide bonds. The van der Waals surface area contributed by atoms with Gasteiger partial charge in [0.2, 0.25) is 5.95 Å². The van der Waals surface area contributed by atoms with Crippen molar-refractivity contribution >= 4 is 17.5 Å². The van der Waals surface area contributed by atoms with Gasteiger partial charge in [0, 0.05) is 11.9 Å². The predicted molar refractivity (Wildman–Crippen MR) is 103 cm³/mol. The molecule has 2 N–H and O–H groups in total. The highest BCUT2D eigenvalue weighted by molar-refractivity contribution is 6.06. The van der Waals surface area contributed by atoms with Gasteiger partial charge in [0.25, 0.3) is 5.91 Å². The van der Waals surface area contributed by atoms with Crippen molar-refractivity contribution in [3.63, 3.8) is 0 Å². The molecule has 0 saturated carbocycles. The summed E-state index contributed by atoms with van der Waals surface area (Å²) in [7, 11) is 0. The Hall–Kier alpha value is -3.75. The van der Waals surface area contributed by atoms with Crippen LogP contribution in [-0.4, -0.2) is 37.7 Å². The van der Waals surface area contributed by atoms with Gasteiger partial charge in [-0.25, -0.2) is 0 Å². The number of aromatic nitrogens is 5. The first-order valence-electron chi connectivity index (χ1n) is 8.88. The Balaban J connectivity index is 1.73. The summed E-state index contributed by atoms with van der Waals surface area (Å²) in [6.45, 7) is 4.21. The first-order chi connectivity index (χ1) is 13.7. The van der Waals surface area contributed by atoms with Crippen molar-refractivity contribution in [3.8, 4) is 5.75 Å². The van der Waals surface area contributed by atoms with E-state index in [-0.39, 0.29) is 5.91 Å². The molecule has 0 radical (unpaired) electrons. The number of ether oxygens (including phenoxy) is 1. The molecule has 4 rings (SSSR count). The molecule has 142 valence electrons. The molecule has 1 aliphatic rings. The summed E-state index contributed by atoms with van der Waals surface area (Å²) < 4.78 is 7.17. The number of fused-ring (bicyclic) bond motifs is 1. The van der Waals surface area contributed by atoms with E-state index >= 15 is 0 Å². The zero-order valence-electron chi connectivity index (χ0n) is 15.5. The van der Waals surface area contributed by atoms with Gasteiger partial charge in [-0.05, 0) is 48.5 Å². The van der Waals surface area contributed by atoms with E-state index in [4.69, 9.17) is 4.74 Å². The maximum Gasteiger partial charge on any atom is 0.256 e. The van der Waals surface area contributed by atoms with E-state index in [1.807, 2.05) is 50.2 Å². The van der Waals surface area contributed by atoms with Crippen molar-refractivity contribution in [2.75, 3.05) is 17.2 Å². The fourth-order valence-corrected chi connectivity index (χ4v) is 3.16. The number of tetrazole rings is 1. The molecular weight excluding hydrogens is 358 g/mol. The van der Waals surface area contributed by atoms with Crippen molar-refractivity contribution in [2.24, 2.45) is 0 Å². The molecule has 1 atom stereocenters. The number of anilines is 2. The second kappa shape index (κ2) is 7.47. The van der Waals surface area contributed by atoms with E-state index in [0.717, 1.165) is 0 Å². The molecule has 0 aliphatic carbocycles. The van der Waals surface area contributed by atoms with Gasteiger partial charge in [-0.2, -0.15) is 4.68 Å². The molecule has 0 unspecified atom stereocenters. The quantitative estimate of drug-likeness (QED) is 0.703. The molecule has 0 fully saturated rings. The number of hydrogen-bond donors (Lipinski definition) is 2. The first kappa shape index (κ1) is 17.7. The number of nitrogens with one attached hydrogen (secondary N) is 2. The Kier molecular flexibility index (Phi) is 4.71. The van der Waals surface area contributed by atoms with Gasteiger partial charge >= 0.3 is 0 Å². The molecule has 3 heterocycles. The smallest absolute Gasteiger partial charge is 0.256 e. The standard InChI is InChI=1S/C19H19N7O2/c1-3-28-15-10-5-4-8-13(15)22-18(27)16-12(2)21-19-23-24-25-26(19)17(16)14-9-6-7-11-20-14/h4-11,17H,3H2,1-2H3,(H,22,27)(H,21,23,25)/t17-/m1/s1. The van der Waals surface area contributed by atoms with Crippen LogP contribution in [-0.2, 0) is 4.79 Å². The fourth-order valence-electron chi connectivity index (χ4n) is 3.16. The number of benzene rings is 1. The summed E-state index contributed by atoms with van der Waals surface area (Å²) in [5, 5.41) is 17.8. The third-order valence-corrected chi connectivity index (χ3v) is 4.36. The third-order valence-electron chi connectivity index (χ3n) is 4.36. The lowest BCUT2D eigenvalue weighted by Gasteiger charge is -2.27. The molecular formula is C19H19N7O2. The largest absolute Gasteiger partial charge is 0.492 e. The van der Waals surface area contributed by atoms with E-state index in [9.17, 15) is 4.79 Å². The van der Waals surface area contributed by atoms with E-state index in [1.165, 1.54) is 0 Å². The summed E-state index contributed by atoms with van der Waals surface area (Å²) >= 11 is 0. The Bertz CT molecular complexity index is 1030. The van der Waals surface area contributed by atoms with Crippen molar-refractivity contribution in [1.29, 1.82) is 0 Å². The summed E-state index contributed by atoms with van der Waals surface area (Å²) in [6.07, 6.45) is 1.68. The number of carbonyl (C=O) groups excluding carboxylic acids is 1. The van der Waals surface area contributed by atoms with Crippen LogP contribution in [0.5, 0.6) is 5.75 Å². The highest BCUT2D eigenvalue weighted by Gasteiger charge is 2.35. The van der Waals surface area contributed by atoms with Crippen LogP contribution in [0.15, 0.2) is 59.9 Å². The van der Waals surface area contributed by atoms with Crippen molar-refractivity contribution in [1.82, 2.24) is 25.2 Å². The van der Waals surface area contributed by atoms with Gasteiger partial charge in [-0.1, -0.05) is 23.3 Å². The Morgan fingerprint density at radius 3 is 2.86 bits per heavy atom. The van der Waals surface area contributed by atoms with Gasteiger partial charge in [0.15, 0.2) is 0 Å². The number of pyridine rings is 1. The number of amides is 1. The van der Waals surface area contributed by atoms with E-state index in [1.54, 1.807) is 16.9 Å². The summed E-state index contributed by atoms with van der Waals surface area (Å²) in [6, 6.07) is 12.3. The van der Waals surface area contributed by atoms with Crippen LogP contribution < -0.4 is 15.4 Å². The first-order valence-corrected chi connectivity index (χ1v) is 8.88. The lowest BCUT2D eigenvalue weighted by molar-refractivity contribution is -0.113. The minimum absolute atomic E-state index is 0.283. The summed E-state index contributed by atoms with van der Waals surface area (Å²) in [4.78, 5) is 17.7. The normalized spacial score (nSPS) is 15.6. The van der Waals surface area contributed by atoms with Crippen LogP contribution in [0.3, 0.4) is 0 Å². The maximum atomic E-state index is 13.3. The number of rotatable bonds is 5. The molecule has 0 bridgehead atoms. The lowest BCUT2D eigenvalue weighted by Crippen LogP contribution is -2.32. The molecule has 9 heteroatoms. The van der Waals surface area contributed by atoms with E-state index in [2.05, 4.69) is 31.1 Å². The molecule has 2 aromatic heterocycles. The van der Waals surface area contributed by atoms with Gasteiger partial charge in [0.05, 0.1) is 23.6 Å². The average Bonchev–Trinajstić information content (AvgIpc) is 3.17. The topological polar surface area (TPSA) is 107 Å². The van der Waals surface area contributed by atoms with Gasteiger partial charge in [-0.3, -0.25) is 9.78 Å². The Morgan fingerprint density at radius 2 is 2.07 bits per heavy atom. The average molecular weight is 377 g/mol. The van der Waals surface area contributed by atoms with Gasteiger partial charge in [-0.15, -0.1) is 0 Å². The SMILES string of the molecule is CCOc1ccccc1NC(=O)C1=C(C)Nc2nnnn2[C@@H]1c1ccccn1. The van der Waals surface area contributed by atoms with Crippen LogP contribution in [0.1, 0.15) is 25.6 Å². The van der Waals surface area contributed by atoms with Crippen LogP contribution in [0.25, 0.3) is 0 Å². The number of allylic oxidation sites excluding steroid dienone is 1. The summed E-state index contributed by atoms with van der Waals surface area (Å²) in [5.74, 6) is 0.784. The Labute approximate surface area is 161 Å². The van der Waals surface area contributed by atoms with Crippen LogP contribution in [0, 0.1) is 0 Å². The van der Waals surface area contributed by atoms with Crippen molar-refractivity contribution in [2.45, 2.75) is 19.9 Å². The highest BCUT2D eigenvalue weighted by atomic mass is 16.5. The monoisotopic (exact) mass is 377 g/mol. The number of para-hydroxylation sites is 2. The fraction of sp³-hybridized carbons (Fsp3) is 0.211. The van der Waals surface area contributed by atoms with Crippen molar-refractivity contribution in [3.05, 3.63) is 65.6 Å². The zero-order chi connectivity index (χ0) is 19.5. The van der Waals surface area contributed by atoms with Crippen molar-refractivity contribution < 1.29 is 9.53 Å². The molecule has 9 nitrogen and oxygen atoms in total. The third kappa shape index (κ3) is 3.18. The van der Waals surface area contributed by atoms with Crippen LogP contribution >= 0.6 is 0 Å². The number of carbonyl (C=O) groups is 1. The Morgan fingerprint density at radius 1 is 1.25 bits per heavy atom.